The van der Waals surface area contributed by atoms with E-state index < -0.39 is 11.6 Å². The number of rotatable bonds is 5. The zero-order chi connectivity index (χ0) is 19.1. The van der Waals surface area contributed by atoms with Crippen LogP contribution >= 0.6 is 0 Å². The molecule has 0 fully saturated rings. The van der Waals surface area contributed by atoms with Gasteiger partial charge in [0.15, 0.2) is 5.60 Å². The van der Waals surface area contributed by atoms with Crippen LogP contribution in [-0.2, 0) is 11.8 Å². The predicted octanol–water partition coefficient (Wildman–Crippen LogP) is 4.61. The summed E-state index contributed by atoms with van der Waals surface area (Å²) in [6, 6.07) is 9.74. The van der Waals surface area contributed by atoms with Gasteiger partial charge in [0.25, 0.3) is 0 Å². The lowest BCUT2D eigenvalue weighted by molar-refractivity contribution is -0.152. The Labute approximate surface area is 153 Å². The van der Waals surface area contributed by atoms with E-state index in [2.05, 4.69) is 30.4 Å². The molecule has 0 radical (unpaired) electrons. The zero-order valence-electron chi connectivity index (χ0n) is 15.8. The summed E-state index contributed by atoms with van der Waals surface area (Å²) >= 11 is 0. The van der Waals surface area contributed by atoms with Gasteiger partial charge < -0.3 is 14.4 Å². The topological polar surface area (TPSA) is 64.3 Å². The molecule has 0 saturated heterocycles. The van der Waals surface area contributed by atoms with E-state index in [0.717, 1.165) is 22.0 Å². The first kappa shape index (κ1) is 18.0. The Morgan fingerprint density at radius 2 is 1.85 bits per heavy atom. The smallest absolute Gasteiger partial charge is 0.347 e. The molecule has 1 N–H and O–H groups in total. The first-order valence-corrected chi connectivity index (χ1v) is 8.67. The molecule has 0 bridgehead atoms. The molecule has 0 atom stereocenters. The Morgan fingerprint density at radius 3 is 2.42 bits per heavy atom. The first-order chi connectivity index (χ1) is 12.2. The van der Waals surface area contributed by atoms with Crippen molar-refractivity contribution < 1.29 is 14.6 Å². The van der Waals surface area contributed by atoms with Crippen molar-refractivity contribution in [2.75, 3.05) is 0 Å². The van der Waals surface area contributed by atoms with E-state index in [0.29, 0.717) is 11.7 Å². The average Bonchev–Trinajstić information content (AvgIpc) is 2.87. The predicted molar refractivity (Wildman–Crippen MR) is 103 cm³/mol. The average molecular weight is 352 g/mol. The number of aliphatic carboxylic acids is 1. The van der Waals surface area contributed by atoms with E-state index in [1.807, 2.05) is 30.3 Å². The number of carboxylic acids is 1. The van der Waals surface area contributed by atoms with Crippen LogP contribution in [0.4, 0.5) is 0 Å². The molecule has 1 aromatic carbocycles. The second-order valence-corrected chi connectivity index (χ2v) is 7.31. The highest BCUT2D eigenvalue weighted by Crippen LogP contribution is 2.39. The van der Waals surface area contributed by atoms with E-state index in [1.54, 1.807) is 26.2 Å². The summed E-state index contributed by atoms with van der Waals surface area (Å²) in [5.41, 5.74) is 3.24. The summed E-state index contributed by atoms with van der Waals surface area (Å²) in [4.78, 5) is 15.5. The molecule has 2 heterocycles. The lowest BCUT2D eigenvalue weighted by atomic mass is 9.97. The molecule has 2 aromatic heterocycles. The van der Waals surface area contributed by atoms with Gasteiger partial charge in [-0.2, -0.15) is 0 Å². The summed E-state index contributed by atoms with van der Waals surface area (Å²) < 4.78 is 7.95. The number of hydrogen-bond donors (Lipinski definition) is 1. The van der Waals surface area contributed by atoms with Crippen molar-refractivity contribution in [1.29, 1.82) is 0 Å². The van der Waals surface area contributed by atoms with Crippen LogP contribution in [0.15, 0.2) is 42.7 Å². The summed E-state index contributed by atoms with van der Waals surface area (Å²) in [6.45, 7) is 7.44. The Bertz CT molecular complexity index is 956. The lowest BCUT2D eigenvalue weighted by Crippen LogP contribution is -2.37. The molecular weight excluding hydrogens is 328 g/mol. The minimum atomic E-state index is -1.29. The van der Waals surface area contributed by atoms with Crippen LogP contribution in [0.2, 0.25) is 0 Å². The standard InChI is InChI=1S/C21H24N2O3/c1-13(2)19-18(14-8-10-22-11-9-14)16-12-15(6-7-17(16)23(19)5)26-21(3,4)20(24)25/h6-13H,1-5H3,(H,24,25). The van der Waals surface area contributed by atoms with Gasteiger partial charge in [0.05, 0.1) is 0 Å². The maximum Gasteiger partial charge on any atom is 0.347 e. The molecule has 0 aliphatic heterocycles. The number of fused-ring (bicyclic) bond motifs is 1. The molecule has 5 nitrogen and oxygen atoms in total. The van der Waals surface area contributed by atoms with Crippen LogP contribution in [0.1, 0.15) is 39.3 Å². The third-order valence-electron chi connectivity index (χ3n) is 4.62. The Hall–Kier alpha value is -2.82. The Morgan fingerprint density at radius 1 is 1.19 bits per heavy atom. The molecule has 3 aromatic rings. The number of aryl methyl sites for hydroxylation is 1. The van der Waals surface area contributed by atoms with E-state index >= 15 is 0 Å². The van der Waals surface area contributed by atoms with Crippen LogP contribution in [0, 0.1) is 0 Å². The molecule has 26 heavy (non-hydrogen) atoms. The van der Waals surface area contributed by atoms with Crippen molar-refractivity contribution >= 4 is 16.9 Å². The largest absolute Gasteiger partial charge is 0.478 e. The van der Waals surface area contributed by atoms with Crippen molar-refractivity contribution in [3.8, 4) is 16.9 Å². The summed E-state index contributed by atoms with van der Waals surface area (Å²) in [5, 5.41) is 10.4. The van der Waals surface area contributed by atoms with Gasteiger partial charge in [-0.1, -0.05) is 13.8 Å². The van der Waals surface area contributed by atoms with E-state index in [9.17, 15) is 9.90 Å². The summed E-state index contributed by atoms with van der Waals surface area (Å²) in [5.74, 6) is -0.126. The van der Waals surface area contributed by atoms with Gasteiger partial charge in [-0.05, 0) is 55.7 Å². The molecular formula is C21H24N2O3. The van der Waals surface area contributed by atoms with E-state index in [4.69, 9.17) is 4.74 Å². The van der Waals surface area contributed by atoms with Crippen molar-refractivity contribution in [2.45, 2.75) is 39.2 Å². The van der Waals surface area contributed by atoms with Crippen molar-refractivity contribution in [2.24, 2.45) is 7.05 Å². The van der Waals surface area contributed by atoms with Gasteiger partial charge in [0, 0.05) is 41.6 Å². The third-order valence-corrected chi connectivity index (χ3v) is 4.62. The van der Waals surface area contributed by atoms with Gasteiger partial charge in [0.2, 0.25) is 0 Å². The zero-order valence-corrected chi connectivity index (χ0v) is 15.8. The molecule has 0 amide bonds. The number of carboxylic acid groups (broad SMARTS) is 1. The monoisotopic (exact) mass is 352 g/mol. The number of aromatic nitrogens is 2. The molecule has 0 saturated carbocycles. The van der Waals surface area contributed by atoms with Crippen LogP contribution in [0.25, 0.3) is 22.0 Å². The SMILES string of the molecule is CC(C)c1c(-c2ccncc2)c2cc(OC(C)(C)C(=O)O)ccc2n1C. The van der Waals surface area contributed by atoms with Gasteiger partial charge >= 0.3 is 5.97 Å². The van der Waals surface area contributed by atoms with E-state index in [1.165, 1.54) is 5.69 Å². The highest BCUT2D eigenvalue weighted by molar-refractivity contribution is 5.99. The lowest BCUT2D eigenvalue weighted by Gasteiger charge is -2.21. The maximum atomic E-state index is 11.4. The molecule has 0 unspecified atom stereocenters. The summed E-state index contributed by atoms with van der Waals surface area (Å²) in [6.07, 6.45) is 3.57. The fraction of sp³-hybridized carbons (Fsp3) is 0.333. The number of nitrogens with zero attached hydrogens (tertiary/aromatic N) is 2. The molecule has 5 heteroatoms. The maximum absolute atomic E-state index is 11.4. The van der Waals surface area contributed by atoms with Crippen LogP contribution in [0.3, 0.4) is 0 Å². The molecule has 3 rings (SSSR count). The van der Waals surface area contributed by atoms with Crippen LogP contribution in [-0.4, -0.2) is 26.2 Å². The minimum absolute atomic E-state index is 0.329. The van der Waals surface area contributed by atoms with Crippen LogP contribution in [0.5, 0.6) is 5.75 Å². The Balaban J connectivity index is 2.24. The number of benzene rings is 1. The Kier molecular flexibility index (Phi) is 4.48. The van der Waals surface area contributed by atoms with Gasteiger partial charge in [-0.25, -0.2) is 4.79 Å². The first-order valence-electron chi connectivity index (χ1n) is 8.67. The molecule has 0 spiro atoms. The van der Waals surface area contributed by atoms with Crippen LogP contribution < -0.4 is 4.74 Å². The quantitative estimate of drug-likeness (QED) is 0.728. The van der Waals surface area contributed by atoms with Crippen molar-refractivity contribution in [1.82, 2.24) is 9.55 Å². The number of hydrogen-bond acceptors (Lipinski definition) is 3. The second kappa shape index (κ2) is 6.48. The van der Waals surface area contributed by atoms with Gasteiger partial charge in [-0.15, -0.1) is 0 Å². The third kappa shape index (κ3) is 3.05. The molecule has 0 aliphatic rings. The highest BCUT2D eigenvalue weighted by Gasteiger charge is 2.30. The number of pyridine rings is 1. The number of ether oxygens (including phenoxy) is 1. The second-order valence-electron chi connectivity index (χ2n) is 7.31. The van der Waals surface area contributed by atoms with E-state index in [-0.39, 0.29) is 0 Å². The minimum Gasteiger partial charge on any atom is -0.478 e. The number of carbonyl (C=O) groups is 1. The molecule has 136 valence electrons. The van der Waals surface area contributed by atoms with Crippen molar-refractivity contribution in [3.05, 3.63) is 48.4 Å². The van der Waals surface area contributed by atoms with Gasteiger partial charge in [-0.3, -0.25) is 4.98 Å². The molecule has 0 aliphatic carbocycles. The van der Waals surface area contributed by atoms with Gasteiger partial charge in [0.1, 0.15) is 5.75 Å². The normalized spacial score (nSPS) is 11.9. The van der Waals surface area contributed by atoms with Crippen molar-refractivity contribution in [3.63, 3.8) is 0 Å². The highest BCUT2D eigenvalue weighted by atomic mass is 16.5. The fourth-order valence-electron chi connectivity index (χ4n) is 3.34. The fourth-order valence-corrected chi connectivity index (χ4v) is 3.34. The summed E-state index contributed by atoms with van der Waals surface area (Å²) in [7, 11) is 2.06.